The molecule has 2 aromatic heterocycles. The number of nitrogens with one attached hydrogen (secondary N) is 1. The van der Waals surface area contributed by atoms with E-state index < -0.39 is 29.0 Å². The molecule has 0 aliphatic heterocycles. The zero-order chi connectivity index (χ0) is 22.0. The van der Waals surface area contributed by atoms with Crippen molar-refractivity contribution in [1.29, 1.82) is 0 Å². The maximum Gasteiger partial charge on any atom is 0.226 e. The lowest BCUT2D eigenvalue weighted by molar-refractivity contribution is -0.116. The van der Waals surface area contributed by atoms with Gasteiger partial charge in [0, 0.05) is 24.9 Å². The molecule has 2 aromatic carbocycles. The van der Waals surface area contributed by atoms with E-state index in [1.54, 1.807) is 23.3 Å². The van der Waals surface area contributed by atoms with Gasteiger partial charge in [0.15, 0.2) is 17.5 Å². The molecule has 9 heteroatoms. The average Bonchev–Trinajstić information content (AvgIpc) is 3.23. The van der Waals surface area contributed by atoms with Gasteiger partial charge >= 0.3 is 0 Å². The second-order valence-electron chi connectivity index (χ2n) is 6.84. The molecule has 1 amide bonds. The van der Waals surface area contributed by atoms with Crippen LogP contribution < -0.4 is 10.2 Å². The maximum atomic E-state index is 13.7. The van der Waals surface area contributed by atoms with Gasteiger partial charge in [-0.05, 0) is 23.8 Å². The van der Waals surface area contributed by atoms with E-state index in [4.69, 9.17) is 0 Å². The van der Waals surface area contributed by atoms with Crippen molar-refractivity contribution < 1.29 is 18.0 Å². The summed E-state index contributed by atoms with van der Waals surface area (Å²) in [5.41, 5.74) is 0.674. The predicted molar refractivity (Wildman–Crippen MR) is 116 cm³/mol. The van der Waals surface area contributed by atoms with Gasteiger partial charge in [0.25, 0.3) is 0 Å². The number of hydrogen-bond acceptors (Lipinski definition) is 5. The summed E-state index contributed by atoms with van der Waals surface area (Å²) in [7, 11) is 1.78. The summed E-state index contributed by atoms with van der Waals surface area (Å²) in [5, 5.41) is 3.13. The fourth-order valence-corrected chi connectivity index (χ4v) is 4.10. The molecule has 2 heterocycles. The van der Waals surface area contributed by atoms with Crippen LogP contribution in [0.1, 0.15) is 6.42 Å². The third-order valence-electron chi connectivity index (χ3n) is 4.71. The summed E-state index contributed by atoms with van der Waals surface area (Å²) in [5.74, 6) is -4.22. The highest BCUT2D eigenvalue weighted by atomic mass is 32.1. The van der Waals surface area contributed by atoms with Crippen LogP contribution in [0, 0.1) is 17.5 Å². The fraction of sp³-hybridized carbons (Fsp3) is 0.136. The zero-order valence-corrected chi connectivity index (χ0v) is 17.2. The molecule has 0 fully saturated rings. The molecule has 0 bridgehead atoms. The lowest BCUT2D eigenvalue weighted by atomic mass is 10.2. The number of hydrogen-bond donors (Lipinski definition) is 1. The van der Waals surface area contributed by atoms with Crippen molar-refractivity contribution >= 4 is 39.0 Å². The fourth-order valence-electron chi connectivity index (χ4n) is 3.10. The molecule has 5 nitrogen and oxygen atoms in total. The number of carbonyl (C=O) groups excluding carboxylic acids is 1. The van der Waals surface area contributed by atoms with Crippen LogP contribution in [-0.2, 0) is 4.79 Å². The summed E-state index contributed by atoms with van der Waals surface area (Å²) in [4.78, 5) is 24.6. The lowest BCUT2D eigenvalue weighted by Gasteiger charge is -2.18. The Hall–Kier alpha value is -3.46. The summed E-state index contributed by atoms with van der Waals surface area (Å²) in [6.07, 6.45) is 1.46. The molecule has 31 heavy (non-hydrogen) atoms. The molecule has 0 atom stereocenters. The largest absolute Gasteiger partial charge is 0.359 e. The topological polar surface area (TPSA) is 58.1 Å². The second-order valence-corrected chi connectivity index (χ2v) is 7.87. The van der Waals surface area contributed by atoms with Gasteiger partial charge in [-0.25, -0.2) is 23.1 Å². The van der Waals surface area contributed by atoms with E-state index in [0.29, 0.717) is 5.82 Å². The Morgan fingerprint density at radius 2 is 1.84 bits per heavy atom. The minimum Gasteiger partial charge on any atom is -0.359 e. The van der Waals surface area contributed by atoms with E-state index in [2.05, 4.69) is 15.3 Å². The molecule has 0 saturated carbocycles. The van der Waals surface area contributed by atoms with Crippen molar-refractivity contribution in [2.24, 2.45) is 0 Å². The summed E-state index contributed by atoms with van der Waals surface area (Å²) in [6.45, 7) is 0.278. The standard InChI is InChI=1S/C22H17F3N4OS/c1-29(10-9-18(30)28-16-8-7-15(23)19(24)20(16)25)21-14-11-17(13-5-3-2-4-6-13)31-22(14)27-12-26-21/h2-8,11-12H,9-10H2,1H3,(H,28,30). The molecule has 0 radical (unpaired) electrons. The van der Waals surface area contributed by atoms with Crippen molar-refractivity contribution in [3.8, 4) is 10.4 Å². The average molecular weight is 442 g/mol. The van der Waals surface area contributed by atoms with Crippen LogP contribution >= 0.6 is 11.3 Å². The van der Waals surface area contributed by atoms with Gasteiger partial charge in [-0.15, -0.1) is 11.3 Å². The maximum absolute atomic E-state index is 13.7. The van der Waals surface area contributed by atoms with E-state index in [0.717, 1.165) is 32.8 Å². The van der Waals surface area contributed by atoms with E-state index in [9.17, 15) is 18.0 Å². The van der Waals surface area contributed by atoms with Gasteiger partial charge in [-0.1, -0.05) is 30.3 Å². The van der Waals surface area contributed by atoms with Crippen LogP contribution in [0.3, 0.4) is 0 Å². The number of aromatic nitrogens is 2. The van der Waals surface area contributed by atoms with Crippen LogP contribution in [0.15, 0.2) is 54.9 Å². The number of fused-ring (bicyclic) bond motifs is 1. The Kier molecular flexibility index (Phi) is 5.85. The van der Waals surface area contributed by atoms with Crippen molar-refractivity contribution in [3.05, 3.63) is 72.3 Å². The van der Waals surface area contributed by atoms with Crippen LogP contribution in [0.2, 0.25) is 0 Å². The smallest absolute Gasteiger partial charge is 0.226 e. The lowest BCUT2D eigenvalue weighted by Crippen LogP contribution is -2.25. The first-order valence-electron chi connectivity index (χ1n) is 9.38. The summed E-state index contributed by atoms with van der Waals surface area (Å²) >= 11 is 1.55. The minimum atomic E-state index is -1.62. The van der Waals surface area contributed by atoms with Crippen LogP contribution in [0.25, 0.3) is 20.7 Å². The molecule has 4 aromatic rings. The molecule has 0 saturated heterocycles. The number of benzene rings is 2. The Morgan fingerprint density at radius 1 is 1.06 bits per heavy atom. The third kappa shape index (κ3) is 4.36. The van der Waals surface area contributed by atoms with Gasteiger partial charge < -0.3 is 10.2 Å². The number of amides is 1. The highest BCUT2D eigenvalue weighted by molar-refractivity contribution is 7.21. The Labute approximate surface area is 180 Å². The number of anilines is 2. The molecule has 0 spiro atoms. The van der Waals surface area contributed by atoms with Gasteiger partial charge in [-0.2, -0.15) is 0 Å². The normalized spacial score (nSPS) is 11.0. The van der Waals surface area contributed by atoms with Crippen molar-refractivity contribution in [3.63, 3.8) is 0 Å². The highest BCUT2D eigenvalue weighted by Gasteiger charge is 2.17. The first-order chi connectivity index (χ1) is 14.9. The monoisotopic (exact) mass is 442 g/mol. The molecule has 0 aliphatic rings. The Bertz CT molecular complexity index is 1250. The molecule has 0 unspecified atom stereocenters. The number of halogens is 3. The molecule has 0 aliphatic carbocycles. The van der Waals surface area contributed by atoms with E-state index in [1.807, 2.05) is 36.4 Å². The molecular weight excluding hydrogens is 425 g/mol. The van der Waals surface area contributed by atoms with Crippen LogP contribution in [0.4, 0.5) is 24.7 Å². The number of carbonyl (C=O) groups is 1. The number of rotatable bonds is 6. The van der Waals surface area contributed by atoms with E-state index in [-0.39, 0.29) is 13.0 Å². The zero-order valence-electron chi connectivity index (χ0n) is 16.4. The third-order valence-corrected chi connectivity index (χ3v) is 5.80. The summed E-state index contributed by atoms with van der Waals surface area (Å²) in [6, 6.07) is 13.7. The van der Waals surface area contributed by atoms with Gasteiger partial charge in [0.2, 0.25) is 5.91 Å². The SMILES string of the molecule is CN(CCC(=O)Nc1ccc(F)c(F)c1F)c1ncnc2sc(-c3ccccc3)cc12. The van der Waals surface area contributed by atoms with E-state index in [1.165, 1.54) is 6.33 Å². The predicted octanol–water partition coefficient (Wildman–Crippen LogP) is 5.24. The van der Waals surface area contributed by atoms with Crippen LogP contribution in [0.5, 0.6) is 0 Å². The van der Waals surface area contributed by atoms with Gasteiger partial charge in [0.05, 0.1) is 11.1 Å². The molecule has 158 valence electrons. The van der Waals surface area contributed by atoms with E-state index >= 15 is 0 Å². The molecule has 4 rings (SSSR count). The minimum absolute atomic E-state index is 0.00386. The number of nitrogens with zero attached hydrogens (tertiary/aromatic N) is 3. The summed E-state index contributed by atoms with van der Waals surface area (Å²) < 4.78 is 40.1. The van der Waals surface area contributed by atoms with Crippen LogP contribution in [-0.4, -0.2) is 29.5 Å². The molecular formula is C22H17F3N4OS. The van der Waals surface area contributed by atoms with Crippen molar-refractivity contribution in [2.75, 3.05) is 23.8 Å². The Balaban J connectivity index is 1.47. The first-order valence-corrected chi connectivity index (χ1v) is 10.2. The Morgan fingerprint density at radius 3 is 2.61 bits per heavy atom. The van der Waals surface area contributed by atoms with Gasteiger partial charge in [0.1, 0.15) is 17.0 Å². The number of thiophene rings is 1. The molecule has 1 N–H and O–H groups in total. The van der Waals surface area contributed by atoms with Crippen molar-refractivity contribution in [1.82, 2.24) is 9.97 Å². The first kappa shape index (κ1) is 20.8. The van der Waals surface area contributed by atoms with Crippen molar-refractivity contribution in [2.45, 2.75) is 6.42 Å². The second kappa shape index (κ2) is 8.73. The highest BCUT2D eigenvalue weighted by Crippen LogP contribution is 2.35. The quantitative estimate of drug-likeness (QED) is 0.415. The van der Waals surface area contributed by atoms with Gasteiger partial charge in [-0.3, -0.25) is 4.79 Å².